The average molecular weight is 349 g/mol. The number of nitrogens with zero attached hydrogens (tertiary/aromatic N) is 2. The second-order valence-electron chi connectivity index (χ2n) is 5.91. The van der Waals surface area contributed by atoms with Gasteiger partial charge in [-0.25, -0.2) is 0 Å². The normalized spacial score (nSPS) is 14.8. The number of benzene rings is 1. The van der Waals surface area contributed by atoms with Crippen LogP contribution in [-0.4, -0.2) is 80.7 Å². The van der Waals surface area contributed by atoms with Crippen molar-refractivity contribution >= 4 is 11.8 Å². The monoisotopic (exact) mass is 349 g/mol. The highest BCUT2D eigenvalue weighted by Gasteiger charge is 2.14. The number of morpholine rings is 1. The Bertz CT molecular complexity index is 532. The minimum absolute atomic E-state index is 0.0167. The van der Waals surface area contributed by atoms with Gasteiger partial charge in [0.2, 0.25) is 5.91 Å². The van der Waals surface area contributed by atoms with Gasteiger partial charge in [-0.1, -0.05) is 18.2 Å². The van der Waals surface area contributed by atoms with Crippen molar-refractivity contribution in [3.05, 3.63) is 30.3 Å². The molecule has 0 aromatic heterocycles. The molecule has 0 atom stereocenters. The number of hydrogen-bond acceptors (Lipinski definition) is 5. The predicted octanol–water partition coefficient (Wildman–Crippen LogP) is 0.362. The quantitative estimate of drug-likeness (QED) is 0.697. The molecular weight excluding hydrogens is 322 g/mol. The molecule has 0 radical (unpaired) electrons. The van der Waals surface area contributed by atoms with Crippen molar-refractivity contribution in [2.75, 3.05) is 59.1 Å². The summed E-state index contributed by atoms with van der Waals surface area (Å²) in [5, 5.41) is 2.78. The van der Waals surface area contributed by atoms with Gasteiger partial charge in [0.15, 0.2) is 6.61 Å². The Morgan fingerprint density at radius 2 is 1.92 bits per heavy atom. The fourth-order valence-electron chi connectivity index (χ4n) is 2.56. The molecule has 2 rings (SSSR count). The van der Waals surface area contributed by atoms with E-state index in [4.69, 9.17) is 9.47 Å². The van der Waals surface area contributed by atoms with E-state index < -0.39 is 0 Å². The molecule has 0 aliphatic carbocycles. The van der Waals surface area contributed by atoms with Gasteiger partial charge in [0.25, 0.3) is 5.91 Å². The Balaban J connectivity index is 1.62. The minimum Gasteiger partial charge on any atom is -0.484 e. The molecule has 1 aliphatic rings. The number of para-hydroxylation sites is 1. The summed E-state index contributed by atoms with van der Waals surface area (Å²) in [5.74, 6) is 0.483. The average Bonchev–Trinajstić information content (AvgIpc) is 2.64. The first-order valence-electron chi connectivity index (χ1n) is 8.65. The maximum Gasteiger partial charge on any atom is 0.258 e. The number of amides is 2. The van der Waals surface area contributed by atoms with Crippen molar-refractivity contribution in [1.82, 2.24) is 15.1 Å². The van der Waals surface area contributed by atoms with E-state index >= 15 is 0 Å². The second-order valence-corrected chi connectivity index (χ2v) is 5.91. The summed E-state index contributed by atoms with van der Waals surface area (Å²) in [6, 6.07) is 9.20. The highest BCUT2D eigenvalue weighted by Crippen LogP contribution is 2.07. The molecule has 25 heavy (non-hydrogen) atoms. The Hall–Kier alpha value is -2.12. The molecule has 2 amide bonds. The third-order valence-corrected chi connectivity index (χ3v) is 4.05. The van der Waals surface area contributed by atoms with Crippen molar-refractivity contribution in [1.29, 1.82) is 0 Å². The zero-order chi connectivity index (χ0) is 17.9. The topological polar surface area (TPSA) is 71.1 Å². The number of ether oxygens (including phenoxy) is 2. The highest BCUT2D eigenvalue weighted by atomic mass is 16.5. The molecule has 0 bridgehead atoms. The van der Waals surface area contributed by atoms with E-state index in [-0.39, 0.29) is 18.4 Å². The molecule has 1 heterocycles. The summed E-state index contributed by atoms with van der Waals surface area (Å²) >= 11 is 0. The van der Waals surface area contributed by atoms with E-state index in [0.29, 0.717) is 25.4 Å². The SMILES string of the molecule is CC(=O)N(CCNC(=O)COc1ccccc1)CCN1CCOCC1. The molecule has 1 aromatic carbocycles. The van der Waals surface area contributed by atoms with Crippen LogP contribution in [0.1, 0.15) is 6.92 Å². The fourth-order valence-corrected chi connectivity index (χ4v) is 2.56. The fraction of sp³-hybridized carbons (Fsp3) is 0.556. The lowest BCUT2D eigenvalue weighted by Gasteiger charge is -2.29. The van der Waals surface area contributed by atoms with Crippen LogP contribution in [0.5, 0.6) is 5.75 Å². The molecule has 0 unspecified atom stereocenters. The first-order valence-corrected chi connectivity index (χ1v) is 8.65. The van der Waals surface area contributed by atoms with Crippen LogP contribution in [0.25, 0.3) is 0 Å². The Morgan fingerprint density at radius 1 is 1.20 bits per heavy atom. The molecular formula is C18H27N3O4. The van der Waals surface area contributed by atoms with Crippen molar-refractivity contribution in [3.8, 4) is 5.75 Å². The van der Waals surface area contributed by atoms with Gasteiger partial charge in [0.1, 0.15) is 5.75 Å². The highest BCUT2D eigenvalue weighted by molar-refractivity contribution is 5.77. The van der Waals surface area contributed by atoms with Crippen LogP contribution < -0.4 is 10.1 Å². The van der Waals surface area contributed by atoms with Crippen LogP contribution in [0, 0.1) is 0 Å². The first-order chi connectivity index (χ1) is 12.1. The van der Waals surface area contributed by atoms with Gasteiger partial charge < -0.3 is 19.7 Å². The van der Waals surface area contributed by atoms with Gasteiger partial charge in [0, 0.05) is 46.2 Å². The third-order valence-electron chi connectivity index (χ3n) is 4.05. The molecule has 7 nitrogen and oxygen atoms in total. The number of rotatable bonds is 9. The summed E-state index contributed by atoms with van der Waals surface area (Å²) < 4.78 is 10.7. The summed E-state index contributed by atoms with van der Waals surface area (Å²) in [6.07, 6.45) is 0. The molecule has 7 heteroatoms. The van der Waals surface area contributed by atoms with Gasteiger partial charge >= 0.3 is 0 Å². The maximum absolute atomic E-state index is 11.8. The number of nitrogens with one attached hydrogen (secondary N) is 1. The lowest BCUT2D eigenvalue weighted by atomic mass is 10.3. The van der Waals surface area contributed by atoms with Crippen molar-refractivity contribution in [2.24, 2.45) is 0 Å². The molecule has 1 fully saturated rings. The van der Waals surface area contributed by atoms with Crippen molar-refractivity contribution in [2.45, 2.75) is 6.92 Å². The number of carbonyl (C=O) groups excluding carboxylic acids is 2. The van der Waals surface area contributed by atoms with E-state index in [0.717, 1.165) is 32.8 Å². The summed E-state index contributed by atoms with van der Waals surface area (Å²) in [5.41, 5.74) is 0. The predicted molar refractivity (Wildman–Crippen MR) is 94.5 cm³/mol. The Labute approximate surface area is 148 Å². The van der Waals surface area contributed by atoms with E-state index in [2.05, 4.69) is 10.2 Å². The van der Waals surface area contributed by atoms with Gasteiger partial charge in [-0.3, -0.25) is 14.5 Å². The van der Waals surface area contributed by atoms with E-state index in [1.165, 1.54) is 0 Å². The van der Waals surface area contributed by atoms with Crippen LogP contribution in [0.15, 0.2) is 30.3 Å². The van der Waals surface area contributed by atoms with Crippen LogP contribution in [-0.2, 0) is 14.3 Å². The largest absolute Gasteiger partial charge is 0.484 e. The summed E-state index contributed by atoms with van der Waals surface area (Å²) in [6.45, 7) is 7.22. The summed E-state index contributed by atoms with van der Waals surface area (Å²) in [7, 11) is 0. The van der Waals surface area contributed by atoms with Crippen molar-refractivity contribution < 1.29 is 19.1 Å². The molecule has 1 aromatic rings. The molecule has 1 N–H and O–H groups in total. The maximum atomic E-state index is 11.8. The van der Waals surface area contributed by atoms with Gasteiger partial charge in [-0.15, -0.1) is 0 Å². The lowest BCUT2D eigenvalue weighted by molar-refractivity contribution is -0.130. The van der Waals surface area contributed by atoms with Crippen LogP contribution in [0.2, 0.25) is 0 Å². The van der Waals surface area contributed by atoms with Crippen LogP contribution in [0.4, 0.5) is 0 Å². The standard InChI is InChI=1S/C18H27N3O4/c1-16(22)21(10-9-20-11-13-24-14-12-20)8-7-19-18(23)15-25-17-5-3-2-4-6-17/h2-6H,7-15H2,1H3,(H,19,23). The third kappa shape index (κ3) is 7.53. The van der Waals surface area contributed by atoms with Gasteiger partial charge in [0.05, 0.1) is 13.2 Å². The molecule has 1 saturated heterocycles. The Morgan fingerprint density at radius 3 is 2.60 bits per heavy atom. The van der Waals surface area contributed by atoms with E-state index in [1.54, 1.807) is 24.0 Å². The number of hydrogen-bond donors (Lipinski definition) is 1. The number of carbonyl (C=O) groups is 2. The molecule has 0 spiro atoms. The Kier molecular flexibility index (Phi) is 8.21. The molecule has 1 aliphatic heterocycles. The second kappa shape index (κ2) is 10.7. The lowest BCUT2D eigenvalue weighted by Crippen LogP contribution is -2.45. The smallest absolute Gasteiger partial charge is 0.258 e. The van der Waals surface area contributed by atoms with Crippen LogP contribution in [0.3, 0.4) is 0 Å². The molecule has 138 valence electrons. The zero-order valence-corrected chi connectivity index (χ0v) is 14.8. The van der Waals surface area contributed by atoms with Gasteiger partial charge in [-0.05, 0) is 12.1 Å². The summed E-state index contributed by atoms with van der Waals surface area (Å²) in [4.78, 5) is 27.6. The molecule has 0 saturated carbocycles. The van der Waals surface area contributed by atoms with Gasteiger partial charge in [-0.2, -0.15) is 0 Å². The van der Waals surface area contributed by atoms with Crippen LogP contribution >= 0.6 is 0 Å². The zero-order valence-electron chi connectivity index (χ0n) is 14.8. The van der Waals surface area contributed by atoms with Crippen molar-refractivity contribution in [3.63, 3.8) is 0 Å². The first kappa shape index (κ1) is 19.2. The minimum atomic E-state index is -0.194. The van der Waals surface area contributed by atoms with E-state index in [1.807, 2.05) is 18.2 Å². The van der Waals surface area contributed by atoms with E-state index in [9.17, 15) is 9.59 Å².